The molecule has 0 fully saturated rings. The van der Waals surface area contributed by atoms with Gasteiger partial charge in [0.25, 0.3) is 0 Å². The first kappa shape index (κ1) is 16.1. The fraction of sp³-hybridized carbons (Fsp3) is 0.118. The number of halogens is 3. The molecule has 2 aromatic carbocycles. The van der Waals surface area contributed by atoms with Crippen LogP contribution in [0.3, 0.4) is 0 Å². The number of carbonyl (C=O) groups is 1. The third kappa shape index (κ3) is 2.32. The lowest BCUT2D eigenvalue weighted by Gasteiger charge is -2.10. The molecule has 0 unspecified atom stereocenters. The van der Waals surface area contributed by atoms with E-state index in [1.807, 2.05) is 0 Å². The van der Waals surface area contributed by atoms with Gasteiger partial charge in [0.2, 0.25) is 0 Å². The molecular formula is C17H11F3N4O2. The van der Waals surface area contributed by atoms with Crippen LogP contribution in [0.4, 0.5) is 13.2 Å². The highest BCUT2D eigenvalue weighted by Crippen LogP contribution is 2.33. The number of alkyl halides is 3. The van der Waals surface area contributed by atoms with Gasteiger partial charge in [-0.15, -0.1) is 5.10 Å². The van der Waals surface area contributed by atoms with Crippen molar-refractivity contribution >= 4 is 28.0 Å². The molecule has 0 aliphatic heterocycles. The summed E-state index contributed by atoms with van der Waals surface area (Å²) < 4.78 is 41.6. The number of carboxylic acid groups (broad SMARTS) is 1. The second-order valence-electron chi connectivity index (χ2n) is 5.80. The number of aryl methyl sites for hydroxylation is 1. The second-order valence-corrected chi connectivity index (χ2v) is 5.80. The Morgan fingerprint density at radius 2 is 1.81 bits per heavy atom. The van der Waals surface area contributed by atoms with Crippen molar-refractivity contribution in [1.29, 1.82) is 0 Å². The molecule has 6 nitrogen and oxygen atoms in total. The largest absolute Gasteiger partial charge is 0.478 e. The van der Waals surface area contributed by atoms with Crippen molar-refractivity contribution in [3.05, 3.63) is 53.6 Å². The van der Waals surface area contributed by atoms with Gasteiger partial charge in [-0.1, -0.05) is 5.21 Å². The van der Waals surface area contributed by atoms with Crippen LogP contribution in [0.5, 0.6) is 0 Å². The molecule has 9 heteroatoms. The summed E-state index contributed by atoms with van der Waals surface area (Å²) in [4.78, 5) is 11.2. The summed E-state index contributed by atoms with van der Waals surface area (Å²) in [6.45, 7) is 0. The molecule has 0 bridgehead atoms. The van der Waals surface area contributed by atoms with Crippen LogP contribution in [0, 0.1) is 0 Å². The summed E-state index contributed by atoms with van der Waals surface area (Å²) in [5.74, 6) is -1.08. The van der Waals surface area contributed by atoms with Gasteiger partial charge in [0.05, 0.1) is 16.6 Å². The van der Waals surface area contributed by atoms with Crippen molar-refractivity contribution in [3.63, 3.8) is 0 Å². The molecular weight excluding hydrogens is 349 g/mol. The molecule has 2 heterocycles. The zero-order valence-electron chi connectivity index (χ0n) is 13.3. The van der Waals surface area contributed by atoms with Crippen LogP contribution >= 0.6 is 0 Å². The van der Waals surface area contributed by atoms with E-state index in [1.54, 1.807) is 17.7 Å². The number of hydrogen-bond acceptors (Lipinski definition) is 3. The van der Waals surface area contributed by atoms with Gasteiger partial charge >= 0.3 is 12.1 Å². The maximum absolute atomic E-state index is 12.8. The molecule has 4 aromatic rings. The monoisotopic (exact) mass is 360 g/mol. The lowest BCUT2D eigenvalue weighted by atomic mass is 10.1. The van der Waals surface area contributed by atoms with Crippen LogP contribution in [-0.2, 0) is 13.2 Å². The maximum Gasteiger partial charge on any atom is 0.416 e. The van der Waals surface area contributed by atoms with Crippen LogP contribution in [0.2, 0.25) is 0 Å². The Labute approximate surface area is 144 Å². The lowest BCUT2D eigenvalue weighted by Crippen LogP contribution is -2.06. The van der Waals surface area contributed by atoms with Crippen LogP contribution < -0.4 is 0 Å². The van der Waals surface area contributed by atoms with Gasteiger partial charge in [0, 0.05) is 18.1 Å². The quantitative estimate of drug-likeness (QED) is 0.592. The smallest absolute Gasteiger partial charge is 0.416 e. The van der Waals surface area contributed by atoms with E-state index in [9.17, 15) is 23.1 Å². The third-order valence-corrected chi connectivity index (χ3v) is 4.20. The predicted molar refractivity (Wildman–Crippen MR) is 87.3 cm³/mol. The normalized spacial score (nSPS) is 12.2. The van der Waals surface area contributed by atoms with Crippen LogP contribution in [0.1, 0.15) is 15.9 Å². The Hall–Kier alpha value is -3.36. The highest BCUT2D eigenvalue weighted by molar-refractivity contribution is 6.08. The number of aromatic nitrogens is 4. The van der Waals surface area contributed by atoms with Crippen LogP contribution in [-0.4, -0.2) is 30.6 Å². The number of hydrogen-bond donors (Lipinski definition) is 1. The van der Waals surface area contributed by atoms with E-state index >= 15 is 0 Å². The number of fused-ring (bicyclic) bond motifs is 3. The van der Waals surface area contributed by atoms with Gasteiger partial charge in [-0.25, -0.2) is 9.48 Å². The molecule has 0 atom stereocenters. The van der Waals surface area contributed by atoms with Gasteiger partial charge in [-0.3, -0.25) is 4.57 Å². The van der Waals surface area contributed by atoms with E-state index < -0.39 is 17.7 Å². The Morgan fingerprint density at radius 3 is 2.42 bits per heavy atom. The van der Waals surface area contributed by atoms with Crippen molar-refractivity contribution in [2.24, 2.45) is 7.05 Å². The van der Waals surface area contributed by atoms with Crippen molar-refractivity contribution in [3.8, 4) is 5.69 Å². The summed E-state index contributed by atoms with van der Waals surface area (Å²) in [5.41, 5.74) is 1.50. The Balaban J connectivity index is 2.01. The number of nitrogens with zero attached hydrogens (tertiary/aromatic N) is 4. The van der Waals surface area contributed by atoms with Crippen LogP contribution in [0.15, 0.2) is 42.5 Å². The van der Waals surface area contributed by atoms with E-state index in [2.05, 4.69) is 10.3 Å². The first-order valence-electron chi connectivity index (χ1n) is 7.52. The third-order valence-electron chi connectivity index (χ3n) is 4.20. The summed E-state index contributed by atoms with van der Waals surface area (Å²) in [7, 11) is 1.66. The SMILES string of the molecule is Cn1nnc2c3cc(C(=O)O)ccc3n(-c3ccc(C(F)(F)F)cc3)c21. The molecule has 2 aromatic heterocycles. The number of carboxylic acids is 1. The molecule has 0 spiro atoms. The van der Waals surface area contributed by atoms with Crippen molar-refractivity contribution in [2.75, 3.05) is 0 Å². The summed E-state index contributed by atoms with van der Waals surface area (Å²) >= 11 is 0. The molecule has 0 saturated heterocycles. The molecule has 26 heavy (non-hydrogen) atoms. The molecule has 0 amide bonds. The fourth-order valence-corrected chi connectivity index (χ4v) is 3.01. The van der Waals surface area contributed by atoms with E-state index in [0.29, 0.717) is 27.8 Å². The minimum Gasteiger partial charge on any atom is -0.478 e. The number of rotatable bonds is 2. The molecule has 0 saturated carbocycles. The fourth-order valence-electron chi connectivity index (χ4n) is 3.01. The second kappa shape index (κ2) is 5.32. The van der Waals surface area contributed by atoms with Gasteiger partial charge in [0.15, 0.2) is 5.65 Å². The maximum atomic E-state index is 12.8. The van der Waals surface area contributed by atoms with Crippen molar-refractivity contribution in [1.82, 2.24) is 19.6 Å². The standard InChI is InChI=1S/C17H11F3N4O2/c1-23-15-14(21-22-23)12-8-9(16(25)26)2-7-13(12)24(15)11-5-3-10(4-6-11)17(18,19)20/h2-8H,1H3,(H,25,26). The first-order chi connectivity index (χ1) is 12.3. The average Bonchev–Trinajstić information content (AvgIpc) is 3.12. The minimum atomic E-state index is -4.42. The molecule has 0 aliphatic carbocycles. The van der Waals surface area contributed by atoms with Gasteiger partial charge in [-0.2, -0.15) is 13.2 Å². The van der Waals surface area contributed by atoms with Crippen molar-refractivity contribution in [2.45, 2.75) is 6.18 Å². The molecule has 1 N–H and O–H groups in total. The summed E-state index contributed by atoms with van der Waals surface area (Å²) in [6.07, 6.45) is -4.42. The lowest BCUT2D eigenvalue weighted by molar-refractivity contribution is -0.137. The Morgan fingerprint density at radius 1 is 1.12 bits per heavy atom. The average molecular weight is 360 g/mol. The zero-order valence-corrected chi connectivity index (χ0v) is 13.3. The van der Waals surface area contributed by atoms with Gasteiger partial charge in [-0.05, 0) is 42.5 Å². The summed E-state index contributed by atoms with van der Waals surface area (Å²) in [5, 5.41) is 17.8. The van der Waals surface area contributed by atoms with E-state index in [4.69, 9.17) is 0 Å². The zero-order chi connectivity index (χ0) is 18.6. The highest BCUT2D eigenvalue weighted by Gasteiger charge is 2.30. The van der Waals surface area contributed by atoms with Gasteiger partial charge in [0.1, 0.15) is 5.52 Å². The van der Waals surface area contributed by atoms with E-state index in [1.165, 1.54) is 28.9 Å². The molecule has 0 aliphatic rings. The Bertz CT molecular complexity index is 1160. The van der Waals surface area contributed by atoms with E-state index in [0.717, 1.165) is 12.1 Å². The number of benzene rings is 2. The first-order valence-corrected chi connectivity index (χ1v) is 7.52. The van der Waals surface area contributed by atoms with Crippen molar-refractivity contribution < 1.29 is 23.1 Å². The topological polar surface area (TPSA) is 72.9 Å². The van der Waals surface area contributed by atoms with Gasteiger partial charge < -0.3 is 5.11 Å². The molecule has 132 valence electrons. The predicted octanol–water partition coefficient (Wildman–Crippen LogP) is 3.63. The Kier molecular flexibility index (Phi) is 3.30. The highest BCUT2D eigenvalue weighted by atomic mass is 19.4. The number of aromatic carboxylic acids is 1. The summed E-state index contributed by atoms with van der Waals surface area (Å²) in [6, 6.07) is 9.26. The van der Waals surface area contributed by atoms with E-state index in [-0.39, 0.29) is 5.56 Å². The molecule has 4 rings (SSSR count). The van der Waals surface area contributed by atoms with Crippen LogP contribution in [0.25, 0.3) is 27.8 Å². The molecule has 0 radical (unpaired) electrons. The minimum absolute atomic E-state index is 0.0922.